The lowest BCUT2D eigenvalue weighted by atomic mass is 10.1. The van der Waals surface area contributed by atoms with E-state index in [1.807, 2.05) is 6.07 Å². The van der Waals surface area contributed by atoms with Crippen LogP contribution in [0.4, 0.5) is 4.39 Å². The molecule has 0 radical (unpaired) electrons. The van der Waals surface area contributed by atoms with Crippen molar-refractivity contribution in [3.63, 3.8) is 0 Å². The Kier molecular flexibility index (Phi) is 5.00. The third-order valence-corrected chi connectivity index (χ3v) is 4.06. The molecule has 0 fully saturated rings. The summed E-state index contributed by atoms with van der Waals surface area (Å²) in [6.45, 7) is 2.07. The fourth-order valence-electron chi connectivity index (χ4n) is 1.85. The molecule has 1 nitrogen and oxygen atoms in total. The van der Waals surface area contributed by atoms with Gasteiger partial charge in [-0.1, -0.05) is 35.9 Å². The predicted octanol–water partition coefficient (Wildman–Crippen LogP) is 3.80. The molecule has 1 unspecified atom stereocenters. The number of thioether (sulfide) groups is 1. The average Bonchev–Trinajstić information content (AvgIpc) is 2.39. The zero-order chi connectivity index (χ0) is 13.7. The van der Waals surface area contributed by atoms with Gasteiger partial charge in [0.1, 0.15) is 5.82 Å². The maximum atomic E-state index is 13.0. The molecule has 0 amide bonds. The van der Waals surface area contributed by atoms with Crippen molar-refractivity contribution in [3.05, 3.63) is 65.5 Å². The Morgan fingerprint density at radius 2 is 1.89 bits per heavy atom. The predicted molar refractivity (Wildman–Crippen MR) is 80.0 cm³/mol. The third kappa shape index (κ3) is 4.69. The number of hydrogen-bond acceptors (Lipinski definition) is 2. The van der Waals surface area contributed by atoms with Crippen LogP contribution in [0.15, 0.2) is 53.4 Å². The fourth-order valence-corrected chi connectivity index (χ4v) is 2.74. The van der Waals surface area contributed by atoms with Gasteiger partial charge in [0, 0.05) is 16.7 Å². The van der Waals surface area contributed by atoms with Crippen LogP contribution in [0.5, 0.6) is 0 Å². The first-order valence-electron chi connectivity index (χ1n) is 6.33. The van der Waals surface area contributed by atoms with E-state index in [0.717, 1.165) is 17.1 Å². The van der Waals surface area contributed by atoms with Crippen molar-refractivity contribution in [2.75, 3.05) is 5.75 Å². The Morgan fingerprint density at radius 1 is 1.16 bits per heavy atom. The Labute approximate surface area is 118 Å². The van der Waals surface area contributed by atoms with Crippen LogP contribution in [0, 0.1) is 12.7 Å². The molecule has 0 bridgehead atoms. The van der Waals surface area contributed by atoms with E-state index in [1.54, 1.807) is 23.9 Å². The van der Waals surface area contributed by atoms with Gasteiger partial charge in [0.25, 0.3) is 0 Å². The fraction of sp³-hybridized carbons (Fsp3) is 0.250. The normalized spacial score (nSPS) is 12.4. The highest BCUT2D eigenvalue weighted by Crippen LogP contribution is 2.20. The summed E-state index contributed by atoms with van der Waals surface area (Å²) in [4.78, 5) is 0.930. The van der Waals surface area contributed by atoms with E-state index >= 15 is 0 Å². The standard InChI is InChI=1S/C16H18FNS/c1-12-5-7-13(8-6-12)9-15(18)11-19-16-4-2-3-14(17)10-16/h2-8,10,15H,9,11,18H2,1H3. The van der Waals surface area contributed by atoms with Crippen LogP contribution in [0.25, 0.3) is 0 Å². The van der Waals surface area contributed by atoms with Crippen LogP contribution < -0.4 is 5.73 Å². The molecule has 0 spiro atoms. The molecule has 2 aromatic rings. The van der Waals surface area contributed by atoms with E-state index in [1.165, 1.54) is 17.2 Å². The lowest BCUT2D eigenvalue weighted by Gasteiger charge is -2.11. The van der Waals surface area contributed by atoms with Crippen molar-refractivity contribution >= 4 is 11.8 Å². The molecule has 19 heavy (non-hydrogen) atoms. The summed E-state index contributed by atoms with van der Waals surface area (Å²) in [5, 5.41) is 0. The number of rotatable bonds is 5. The van der Waals surface area contributed by atoms with Gasteiger partial charge in [0.15, 0.2) is 0 Å². The van der Waals surface area contributed by atoms with Crippen molar-refractivity contribution in [1.29, 1.82) is 0 Å². The lowest BCUT2D eigenvalue weighted by molar-refractivity contribution is 0.624. The summed E-state index contributed by atoms with van der Waals surface area (Å²) in [7, 11) is 0. The SMILES string of the molecule is Cc1ccc(CC(N)CSc2cccc(F)c2)cc1. The molecule has 100 valence electrons. The molecule has 0 saturated carbocycles. The summed E-state index contributed by atoms with van der Waals surface area (Å²) >= 11 is 1.60. The van der Waals surface area contributed by atoms with Crippen LogP contribution >= 0.6 is 11.8 Å². The van der Waals surface area contributed by atoms with Gasteiger partial charge < -0.3 is 5.73 Å². The number of aryl methyl sites for hydroxylation is 1. The topological polar surface area (TPSA) is 26.0 Å². The Bertz CT molecular complexity index is 525. The first-order valence-corrected chi connectivity index (χ1v) is 7.31. The molecule has 2 rings (SSSR count). The van der Waals surface area contributed by atoms with Crippen molar-refractivity contribution in [1.82, 2.24) is 0 Å². The summed E-state index contributed by atoms with van der Waals surface area (Å²) in [5.41, 5.74) is 8.62. The van der Waals surface area contributed by atoms with Gasteiger partial charge in [-0.3, -0.25) is 0 Å². The van der Waals surface area contributed by atoms with Crippen LogP contribution in [-0.4, -0.2) is 11.8 Å². The highest BCUT2D eigenvalue weighted by atomic mass is 32.2. The zero-order valence-electron chi connectivity index (χ0n) is 11.0. The van der Waals surface area contributed by atoms with Crippen molar-refractivity contribution < 1.29 is 4.39 Å². The number of halogens is 1. The van der Waals surface area contributed by atoms with E-state index in [0.29, 0.717) is 0 Å². The molecule has 2 N–H and O–H groups in total. The number of hydrogen-bond donors (Lipinski definition) is 1. The second-order valence-electron chi connectivity index (χ2n) is 4.72. The van der Waals surface area contributed by atoms with Gasteiger partial charge in [-0.05, 0) is 37.1 Å². The Morgan fingerprint density at radius 3 is 2.58 bits per heavy atom. The number of benzene rings is 2. The molecular formula is C16H18FNS. The summed E-state index contributed by atoms with van der Waals surface area (Å²) in [5.74, 6) is 0.592. The monoisotopic (exact) mass is 275 g/mol. The molecule has 0 aliphatic carbocycles. The van der Waals surface area contributed by atoms with Gasteiger partial charge in [-0.15, -0.1) is 11.8 Å². The van der Waals surface area contributed by atoms with Gasteiger partial charge in [0.2, 0.25) is 0 Å². The minimum atomic E-state index is -0.197. The highest BCUT2D eigenvalue weighted by Gasteiger charge is 2.05. The highest BCUT2D eigenvalue weighted by molar-refractivity contribution is 7.99. The molecule has 2 aromatic carbocycles. The largest absolute Gasteiger partial charge is 0.327 e. The number of nitrogens with two attached hydrogens (primary N) is 1. The van der Waals surface area contributed by atoms with Gasteiger partial charge in [0.05, 0.1) is 0 Å². The maximum absolute atomic E-state index is 13.0. The Balaban J connectivity index is 1.84. The third-order valence-electron chi connectivity index (χ3n) is 2.88. The molecule has 3 heteroatoms. The van der Waals surface area contributed by atoms with Crippen LogP contribution in [0.2, 0.25) is 0 Å². The van der Waals surface area contributed by atoms with Crippen LogP contribution in [0.1, 0.15) is 11.1 Å². The van der Waals surface area contributed by atoms with E-state index in [-0.39, 0.29) is 11.9 Å². The summed E-state index contributed by atoms with van der Waals surface area (Å²) in [6, 6.07) is 15.1. The van der Waals surface area contributed by atoms with Gasteiger partial charge in [-0.2, -0.15) is 0 Å². The van der Waals surface area contributed by atoms with Gasteiger partial charge in [-0.25, -0.2) is 4.39 Å². The lowest BCUT2D eigenvalue weighted by Crippen LogP contribution is -2.25. The van der Waals surface area contributed by atoms with Gasteiger partial charge >= 0.3 is 0 Å². The van der Waals surface area contributed by atoms with E-state index in [9.17, 15) is 4.39 Å². The van der Waals surface area contributed by atoms with Crippen LogP contribution in [-0.2, 0) is 6.42 Å². The molecule has 0 heterocycles. The zero-order valence-corrected chi connectivity index (χ0v) is 11.8. The summed E-state index contributed by atoms with van der Waals surface area (Å²) < 4.78 is 13.0. The van der Waals surface area contributed by atoms with Crippen molar-refractivity contribution in [3.8, 4) is 0 Å². The smallest absolute Gasteiger partial charge is 0.124 e. The van der Waals surface area contributed by atoms with Crippen molar-refractivity contribution in [2.45, 2.75) is 24.3 Å². The van der Waals surface area contributed by atoms with Crippen LogP contribution in [0.3, 0.4) is 0 Å². The minimum absolute atomic E-state index is 0.0796. The summed E-state index contributed by atoms with van der Waals surface area (Å²) in [6.07, 6.45) is 0.850. The van der Waals surface area contributed by atoms with E-state index in [2.05, 4.69) is 31.2 Å². The van der Waals surface area contributed by atoms with E-state index < -0.39 is 0 Å². The first kappa shape index (κ1) is 14.1. The Hall–Kier alpha value is -1.32. The molecule has 0 saturated heterocycles. The molecule has 0 aliphatic heterocycles. The molecule has 1 atom stereocenters. The molecule has 0 aliphatic rings. The second-order valence-corrected chi connectivity index (χ2v) is 5.81. The minimum Gasteiger partial charge on any atom is -0.327 e. The quantitative estimate of drug-likeness (QED) is 0.840. The second kappa shape index (κ2) is 6.73. The first-order chi connectivity index (χ1) is 9.13. The molecular weight excluding hydrogens is 257 g/mol. The molecule has 0 aromatic heterocycles. The maximum Gasteiger partial charge on any atom is 0.124 e. The van der Waals surface area contributed by atoms with E-state index in [4.69, 9.17) is 5.73 Å². The van der Waals surface area contributed by atoms with Crippen molar-refractivity contribution in [2.24, 2.45) is 5.73 Å². The average molecular weight is 275 g/mol.